The monoisotopic (exact) mass is 384 g/mol. The maximum atomic E-state index is 12.5. The van der Waals surface area contributed by atoms with E-state index in [4.69, 9.17) is 0 Å². The zero-order chi connectivity index (χ0) is 19.2. The molecule has 1 aliphatic rings. The molecule has 3 rings (SSSR count). The van der Waals surface area contributed by atoms with Gasteiger partial charge in [-0.05, 0) is 31.2 Å². The lowest BCUT2D eigenvalue weighted by molar-refractivity contribution is -0.146. The molecule has 0 fully saturated rings. The summed E-state index contributed by atoms with van der Waals surface area (Å²) in [5, 5.41) is 14.5. The number of hydrogen-bond donors (Lipinski definition) is 2. The van der Waals surface area contributed by atoms with E-state index in [0.717, 1.165) is 17.7 Å². The fraction of sp³-hybridized carbons (Fsp3) is 0.381. The number of rotatable bonds is 7. The minimum atomic E-state index is -0.928. The lowest BCUT2D eigenvalue weighted by atomic mass is 9.82. The Morgan fingerprint density at radius 1 is 1.19 bits per heavy atom. The molecule has 2 unspecified atom stereocenters. The van der Waals surface area contributed by atoms with Crippen LogP contribution < -0.4 is 5.32 Å². The van der Waals surface area contributed by atoms with E-state index in [2.05, 4.69) is 41.5 Å². The number of aliphatic carboxylic acids is 1. The van der Waals surface area contributed by atoms with Crippen molar-refractivity contribution in [2.45, 2.75) is 39.0 Å². The van der Waals surface area contributed by atoms with Crippen molar-refractivity contribution in [3.8, 4) is 11.3 Å². The summed E-state index contributed by atoms with van der Waals surface area (Å²) < 4.78 is 0. The van der Waals surface area contributed by atoms with Gasteiger partial charge >= 0.3 is 5.97 Å². The lowest BCUT2D eigenvalue weighted by Crippen LogP contribution is -2.34. The molecule has 0 bridgehead atoms. The van der Waals surface area contributed by atoms with Gasteiger partial charge in [-0.1, -0.05) is 49.8 Å². The number of amides is 1. The third kappa shape index (κ3) is 4.83. The first kappa shape index (κ1) is 19.3. The quantitative estimate of drug-likeness (QED) is 0.675. The number of carboxylic acid groups (broad SMARTS) is 1. The average Bonchev–Trinajstić information content (AvgIpc) is 3.15. The van der Waals surface area contributed by atoms with Crippen LogP contribution in [-0.4, -0.2) is 22.0 Å². The van der Waals surface area contributed by atoms with Crippen molar-refractivity contribution < 1.29 is 14.7 Å². The molecular formula is C21H24N2O3S. The van der Waals surface area contributed by atoms with E-state index >= 15 is 0 Å². The minimum Gasteiger partial charge on any atom is -0.481 e. The van der Waals surface area contributed by atoms with Gasteiger partial charge in [0.2, 0.25) is 5.91 Å². The molecule has 6 heteroatoms. The molecule has 0 saturated carbocycles. The van der Waals surface area contributed by atoms with Gasteiger partial charge in [-0.15, -0.1) is 11.3 Å². The Bertz CT molecular complexity index is 826. The van der Waals surface area contributed by atoms with Crippen LogP contribution >= 0.6 is 11.3 Å². The topological polar surface area (TPSA) is 79.3 Å². The van der Waals surface area contributed by atoms with Crippen molar-refractivity contribution in [2.75, 3.05) is 5.32 Å². The van der Waals surface area contributed by atoms with Gasteiger partial charge in [0.1, 0.15) is 0 Å². The van der Waals surface area contributed by atoms with E-state index in [1.165, 1.54) is 29.7 Å². The number of carbonyl (C=O) groups is 2. The highest BCUT2D eigenvalue weighted by Crippen LogP contribution is 2.29. The SMILES string of the molecule is CCCCc1ccc(-c2csc(NC(=O)C3CC=CCC3C(=O)O)n2)cc1. The van der Waals surface area contributed by atoms with Crippen LogP contribution in [0.4, 0.5) is 5.13 Å². The number of benzene rings is 1. The lowest BCUT2D eigenvalue weighted by Gasteiger charge is -2.23. The molecule has 27 heavy (non-hydrogen) atoms. The molecule has 2 aromatic rings. The van der Waals surface area contributed by atoms with Crippen LogP contribution in [0.1, 0.15) is 38.2 Å². The number of allylic oxidation sites excluding steroid dienone is 2. The molecular weight excluding hydrogens is 360 g/mol. The largest absolute Gasteiger partial charge is 0.481 e. The Morgan fingerprint density at radius 3 is 2.56 bits per heavy atom. The van der Waals surface area contributed by atoms with Crippen LogP contribution in [0.5, 0.6) is 0 Å². The molecule has 1 aromatic heterocycles. The van der Waals surface area contributed by atoms with Crippen molar-refractivity contribution in [3.63, 3.8) is 0 Å². The highest BCUT2D eigenvalue weighted by atomic mass is 32.1. The van der Waals surface area contributed by atoms with Gasteiger partial charge in [0.25, 0.3) is 0 Å². The van der Waals surface area contributed by atoms with Gasteiger partial charge in [-0.25, -0.2) is 4.98 Å². The summed E-state index contributed by atoms with van der Waals surface area (Å²) >= 11 is 1.36. The molecule has 1 aromatic carbocycles. The second kappa shape index (κ2) is 8.95. The van der Waals surface area contributed by atoms with Crippen LogP contribution in [0.25, 0.3) is 11.3 Å². The van der Waals surface area contributed by atoms with Gasteiger partial charge < -0.3 is 10.4 Å². The molecule has 142 valence electrons. The Balaban J connectivity index is 1.66. The summed E-state index contributed by atoms with van der Waals surface area (Å²) in [5.74, 6) is -2.44. The fourth-order valence-electron chi connectivity index (χ4n) is 3.26. The fourth-order valence-corrected chi connectivity index (χ4v) is 3.98. The summed E-state index contributed by atoms with van der Waals surface area (Å²) in [6, 6.07) is 8.35. The van der Waals surface area contributed by atoms with Gasteiger partial charge in [-0.2, -0.15) is 0 Å². The van der Waals surface area contributed by atoms with Gasteiger partial charge in [0, 0.05) is 10.9 Å². The zero-order valence-corrected chi connectivity index (χ0v) is 16.2. The van der Waals surface area contributed by atoms with Crippen LogP contribution in [-0.2, 0) is 16.0 Å². The number of nitrogens with zero attached hydrogens (tertiary/aromatic N) is 1. The first-order valence-electron chi connectivity index (χ1n) is 9.32. The van der Waals surface area contributed by atoms with Gasteiger partial charge in [0.05, 0.1) is 17.5 Å². The van der Waals surface area contributed by atoms with E-state index in [1.807, 2.05) is 17.5 Å². The molecule has 2 atom stereocenters. The first-order chi connectivity index (χ1) is 13.1. The van der Waals surface area contributed by atoms with Gasteiger partial charge in [-0.3, -0.25) is 9.59 Å². The summed E-state index contributed by atoms with van der Waals surface area (Å²) in [4.78, 5) is 28.4. The van der Waals surface area contributed by atoms with Crippen molar-refractivity contribution >= 4 is 28.3 Å². The summed E-state index contributed by atoms with van der Waals surface area (Å²) in [6.07, 6.45) is 7.97. The summed E-state index contributed by atoms with van der Waals surface area (Å²) in [7, 11) is 0. The predicted octanol–water partition coefficient (Wildman–Crippen LogP) is 4.76. The Morgan fingerprint density at radius 2 is 1.89 bits per heavy atom. The number of aryl methyl sites for hydroxylation is 1. The maximum Gasteiger partial charge on any atom is 0.307 e. The molecule has 2 N–H and O–H groups in total. The van der Waals surface area contributed by atoms with E-state index in [9.17, 15) is 14.7 Å². The number of thiazole rings is 1. The molecule has 0 aliphatic heterocycles. The van der Waals surface area contributed by atoms with E-state index in [0.29, 0.717) is 18.0 Å². The van der Waals surface area contributed by atoms with Crippen molar-refractivity contribution in [1.82, 2.24) is 4.98 Å². The number of hydrogen-bond acceptors (Lipinski definition) is 4. The number of carboxylic acids is 1. The van der Waals surface area contributed by atoms with Gasteiger partial charge in [0.15, 0.2) is 5.13 Å². The second-order valence-corrected chi connectivity index (χ2v) is 7.68. The summed E-state index contributed by atoms with van der Waals surface area (Å²) in [5.41, 5.74) is 3.14. The van der Waals surface area contributed by atoms with Crippen molar-refractivity contribution in [3.05, 3.63) is 47.4 Å². The molecule has 0 spiro atoms. The standard InChI is InChI=1S/C21H24N2O3S/c1-2-3-6-14-9-11-15(12-10-14)18-13-27-21(22-18)23-19(24)16-7-4-5-8-17(16)20(25)26/h4-5,9-13,16-17H,2-3,6-8H2,1H3,(H,25,26)(H,22,23,24). The first-order valence-corrected chi connectivity index (χ1v) is 10.2. The Kier molecular flexibility index (Phi) is 6.40. The van der Waals surface area contributed by atoms with E-state index < -0.39 is 17.8 Å². The zero-order valence-electron chi connectivity index (χ0n) is 15.4. The number of nitrogens with one attached hydrogen (secondary N) is 1. The molecule has 1 aliphatic carbocycles. The Labute approximate surface area is 163 Å². The van der Waals surface area contributed by atoms with Crippen LogP contribution in [0.3, 0.4) is 0 Å². The maximum absolute atomic E-state index is 12.5. The molecule has 1 amide bonds. The smallest absolute Gasteiger partial charge is 0.307 e. The van der Waals surface area contributed by atoms with Crippen LogP contribution in [0.15, 0.2) is 41.8 Å². The Hall–Kier alpha value is -2.47. The highest BCUT2D eigenvalue weighted by molar-refractivity contribution is 7.14. The second-order valence-electron chi connectivity index (χ2n) is 6.82. The van der Waals surface area contributed by atoms with E-state index in [-0.39, 0.29) is 5.91 Å². The average molecular weight is 385 g/mol. The summed E-state index contributed by atoms with van der Waals surface area (Å²) in [6.45, 7) is 2.18. The van der Waals surface area contributed by atoms with E-state index in [1.54, 1.807) is 0 Å². The third-order valence-corrected chi connectivity index (χ3v) is 5.65. The van der Waals surface area contributed by atoms with Crippen LogP contribution in [0.2, 0.25) is 0 Å². The third-order valence-electron chi connectivity index (χ3n) is 4.89. The van der Waals surface area contributed by atoms with Crippen LogP contribution in [0, 0.1) is 11.8 Å². The molecule has 0 radical (unpaired) electrons. The van der Waals surface area contributed by atoms with Crippen molar-refractivity contribution in [1.29, 1.82) is 0 Å². The molecule has 0 saturated heterocycles. The minimum absolute atomic E-state index is 0.275. The normalized spacial score (nSPS) is 19.0. The highest BCUT2D eigenvalue weighted by Gasteiger charge is 2.34. The predicted molar refractivity (Wildman–Crippen MR) is 108 cm³/mol. The number of carbonyl (C=O) groups excluding carboxylic acids is 1. The number of unbranched alkanes of at least 4 members (excludes halogenated alkanes) is 1. The number of aromatic nitrogens is 1. The molecule has 1 heterocycles. The number of anilines is 1. The van der Waals surface area contributed by atoms with Crippen molar-refractivity contribution in [2.24, 2.45) is 11.8 Å². The molecule has 5 nitrogen and oxygen atoms in total.